The highest BCUT2D eigenvalue weighted by Gasteiger charge is 2.67. The molecule has 2 aliphatic heterocycles. The van der Waals surface area contributed by atoms with Crippen molar-refractivity contribution in [1.29, 1.82) is 0 Å². The summed E-state index contributed by atoms with van der Waals surface area (Å²) in [7, 11) is 0. The fraction of sp³-hybridized carbons (Fsp3) is 0.906. The van der Waals surface area contributed by atoms with E-state index in [9.17, 15) is 9.90 Å². The Balaban J connectivity index is 1.30. The molecule has 4 aliphatic carbocycles. The van der Waals surface area contributed by atoms with Crippen molar-refractivity contribution in [2.45, 2.75) is 103 Å². The summed E-state index contributed by atoms with van der Waals surface area (Å²) in [6, 6.07) is 0.663. The van der Waals surface area contributed by atoms with Crippen molar-refractivity contribution in [3.05, 3.63) is 12.7 Å². The second kappa shape index (κ2) is 10.2. The first-order valence-electron chi connectivity index (χ1n) is 15.9. The Kier molecular flexibility index (Phi) is 7.27. The van der Waals surface area contributed by atoms with E-state index in [0.29, 0.717) is 29.7 Å². The first kappa shape index (κ1) is 27.2. The van der Waals surface area contributed by atoms with Gasteiger partial charge < -0.3 is 19.1 Å². The Morgan fingerprint density at radius 2 is 1.84 bits per heavy atom. The predicted molar refractivity (Wildman–Crippen MR) is 148 cm³/mol. The number of ether oxygens (including phenoxy) is 2. The third-order valence-electron chi connectivity index (χ3n) is 13.1. The smallest absolute Gasteiger partial charge is 0.303 e. The zero-order valence-corrected chi connectivity index (χ0v) is 24.3. The maximum atomic E-state index is 12.5. The number of likely N-dealkylation sites (tertiary alicyclic amines) is 1. The monoisotopic (exact) mass is 529 g/mol. The van der Waals surface area contributed by atoms with Gasteiger partial charge in [-0.15, -0.1) is 0 Å². The van der Waals surface area contributed by atoms with Gasteiger partial charge in [0, 0.05) is 50.7 Å². The molecule has 6 fully saturated rings. The van der Waals surface area contributed by atoms with Gasteiger partial charge in [-0.1, -0.05) is 20.4 Å². The number of carbonyl (C=O) groups is 1. The Morgan fingerprint density at radius 3 is 2.53 bits per heavy atom. The molecule has 0 unspecified atom stereocenters. The molecular formula is C32H53N2O4+. The largest absolute Gasteiger partial charge is 0.456 e. The lowest BCUT2D eigenvalue weighted by Crippen LogP contribution is -2.61. The number of carbonyl (C=O) groups excluding carboxylic acids is 1. The van der Waals surface area contributed by atoms with Gasteiger partial charge in [-0.25, -0.2) is 0 Å². The van der Waals surface area contributed by atoms with E-state index >= 15 is 0 Å². The molecule has 4 saturated carbocycles. The molecular weight excluding hydrogens is 476 g/mol. The molecule has 6 aliphatic rings. The number of hydrogen-bond acceptors (Lipinski definition) is 5. The van der Waals surface area contributed by atoms with Crippen LogP contribution < -0.4 is 0 Å². The first-order chi connectivity index (χ1) is 18.2. The van der Waals surface area contributed by atoms with Gasteiger partial charge in [0.15, 0.2) is 6.10 Å². The van der Waals surface area contributed by atoms with Crippen LogP contribution in [0.4, 0.5) is 0 Å². The zero-order chi connectivity index (χ0) is 26.7. The molecule has 0 aromatic carbocycles. The van der Waals surface area contributed by atoms with Crippen molar-refractivity contribution in [2.75, 3.05) is 45.9 Å². The Labute approximate surface area is 230 Å². The summed E-state index contributed by atoms with van der Waals surface area (Å²) < 4.78 is 13.1. The maximum Gasteiger partial charge on any atom is 0.303 e. The molecule has 2 saturated heterocycles. The number of nitrogens with zero attached hydrogens (tertiary/aromatic N) is 2. The highest BCUT2D eigenvalue weighted by Crippen LogP contribution is 2.67. The van der Waals surface area contributed by atoms with Crippen LogP contribution in [-0.2, 0) is 14.3 Å². The Bertz CT molecular complexity index is 898. The lowest BCUT2D eigenvalue weighted by molar-refractivity contribution is -0.937. The zero-order valence-electron chi connectivity index (χ0n) is 24.3. The molecule has 0 spiro atoms. The number of hydrogen-bond donors (Lipinski definition) is 1. The molecule has 0 amide bonds. The third-order valence-corrected chi connectivity index (χ3v) is 13.1. The highest BCUT2D eigenvalue weighted by molar-refractivity contribution is 5.66. The quantitative estimate of drug-likeness (QED) is 0.325. The highest BCUT2D eigenvalue weighted by atomic mass is 16.5. The third kappa shape index (κ3) is 4.23. The normalized spacial score (nSPS) is 48.5. The van der Waals surface area contributed by atoms with Crippen molar-refractivity contribution >= 4 is 5.97 Å². The summed E-state index contributed by atoms with van der Waals surface area (Å²) in [4.78, 5) is 15.0. The van der Waals surface area contributed by atoms with Crippen molar-refractivity contribution in [2.24, 2.45) is 34.5 Å². The molecule has 6 nitrogen and oxygen atoms in total. The first-order valence-corrected chi connectivity index (χ1v) is 15.9. The number of rotatable bonds is 5. The van der Waals surface area contributed by atoms with E-state index in [1.54, 1.807) is 6.92 Å². The number of fused-ring (bicyclic) bond motifs is 5. The van der Waals surface area contributed by atoms with Crippen LogP contribution in [0.1, 0.15) is 78.6 Å². The van der Waals surface area contributed by atoms with Gasteiger partial charge >= 0.3 is 5.97 Å². The summed E-state index contributed by atoms with van der Waals surface area (Å²) in [6.45, 7) is 17.7. The minimum absolute atomic E-state index is 0.0174. The molecule has 6 rings (SSSR count). The number of quaternary nitrogens is 1. The summed E-state index contributed by atoms with van der Waals surface area (Å²) in [5.41, 5.74) is 0.343. The van der Waals surface area contributed by atoms with E-state index < -0.39 is 0 Å². The average molecular weight is 530 g/mol. The van der Waals surface area contributed by atoms with Crippen LogP contribution in [0, 0.1) is 34.5 Å². The molecule has 214 valence electrons. The number of aliphatic hydroxyl groups excluding tert-OH is 1. The van der Waals surface area contributed by atoms with Gasteiger partial charge in [-0.2, -0.15) is 0 Å². The molecule has 0 radical (unpaired) electrons. The molecule has 0 bridgehead atoms. The number of morpholine rings is 1. The Hall–Kier alpha value is -0.950. The van der Waals surface area contributed by atoms with E-state index in [1.807, 2.05) is 0 Å². The van der Waals surface area contributed by atoms with E-state index in [0.717, 1.165) is 56.6 Å². The molecule has 0 aromatic rings. The summed E-state index contributed by atoms with van der Waals surface area (Å²) >= 11 is 0. The van der Waals surface area contributed by atoms with Crippen LogP contribution in [0.15, 0.2) is 12.7 Å². The van der Waals surface area contributed by atoms with E-state index in [1.165, 1.54) is 51.6 Å². The molecule has 2 heterocycles. The fourth-order valence-electron chi connectivity index (χ4n) is 11.3. The van der Waals surface area contributed by atoms with Crippen LogP contribution in [0.3, 0.4) is 0 Å². The fourth-order valence-corrected chi connectivity index (χ4v) is 11.3. The summed E-state index contributed by atoms with van der Waals surface area (Å²) in [5, 5.41) is 11.3. The molecule has 38 heavy (non-hydrogen) atoms. The summed E-state index contributed by atoms with van der Waals surface area (Å²) in [5.74, 6) is 2.54. The predicted octanol–water partition coefficient (Wildman–Crippen LogP) is 4.41. The van der Waals surface area contributed by atoms with E-state index in [2.05, 4.69) is 31.4 Å². The number of aliphatic hydroxyl groups is 1. The minimum atomic E-state index is -0.209. The lowest BCUT2D eigenvalue weighted by atomic mass is 9.44. The SMILES string of the molecule is C=CC[N+]1([C@H]2C[C@H]3[C@@H]4CC[C@H]5C[C@H](O)[C@@H](N6CCOCC6)C[C@]5(C)[C@@H]4CC[C@]3(C)[C@H]2OC(C)=O)CCCC1. The average Bonchev–Trinajstić information content (AvgIpc) is 3.48. The van der Waals surface area contributed by atoms with Gasteiger partial charge in [-0.05, 0) is 73.7 Å². The molecule has 10 atom stereocenters. The molecule has 0 aromatic heterocycles. The molecule has 1 N–H and O–H groups in total. The van der Waals surface area contributed by atoms with Crippen LogP contribution >= 0.6 is 0 Å². The number of esters is 1. The standard InChI is InChI=1S/C32H53N2O4/c1-5-14-34(15-6-7-16-34)28-20-26-24-9-8-23-19-29(36)27(33-12-17-37-18-13-33)21-32(23,4)25(24)10-11-31(26,3)30(28)38-22(2)35/h5,23-30,36H,1,6-21H2,2-4H3/q+1/t23-,24+,25+,26-,27-,28-,29-,30-,31-,32-/m0/s1. The van der Waals surface area contributed by atoms with Crippen molar-refractivity contribution in [3.8, 4) is 0 Å². The minimum Gasteiger partial charge on any atom is -0.456 e. The van der Waals surface area contributed by atoms with Gasteiger partial charge in [0.25, 0.3) is 0 Å². The molecule has 6 heteroatoms. The van der Waals surface area contributed by atoms with Gasteiger partial charge in [-0.3, -0.25) is 9.69 Å². The topological polar surface area (TPSA) is 59.0 Å². The summed E-state index contributed by atoms with van der Waals surface area (Å²) in [6.07, 6.45) is 12.7. The second-order valence-corrected chi connectivity index (χ2v) is 14.6. The maximum absolute atomic E-state index is 12.5. The van der Waals surface area contributed by atoms with Gasteiger partial charge in [0.2, 0.25) is 0 Å². The Morgan fingerprint density at radius 1 is 1.11 bits per heavy atom. The van der Waals surface area contributed by atoms with E-state index in [-0.39, 0.29) is 35.0 Å². The van der Waals surface area contributed by atoms with Gasteiger partial charge in [0.1, 0.15) is 6.04 Å². The lowest BCUT2D eigenvalue weighted by Gasteiger charge is -2.62. The van der Waals surface area contributed by atoms with Crippen molar-refractivity contribution in [3.63, 3.8) is 0 Å². The van der Waals surface area contributed by atoms with Crippen molar-refractivity contribution < 1.29 is 23.9 Å². The second-order valence-electron chi connectivity index (χ2n) is 14.6. The van der Waals surface area contributed by atoms with Crippen LogP contribution in [0.2, 0.25) is 0 Å². The van der Waals surface area contributed by atoms with Crippen LogP contribution in [0.5, 0.6) is 0 Å². The van der Waals surface area contributed by atoms with Gasteiger partial charge in [0.05, 0.1) is 39.0 Å². The van der Waals surface area contributed by atoms with E-state index in [4.69, 9.17) is 9.47 Å². The van der Waals surface area contributed by atoms with Crippen LogP contribution in [0.25, 0.3) is 0 Å². The van der Waals surface area contributed by atoms with Crippen molar-refractivity contribution in [1.82, 2.24) is 4.90 Å². The van der Waals surface area contributed by atoms with Crippen LogP contribution in [-0.4, -0.2) is 90.7 Å².